The molecular weight excluding hydrogens is 404 g/mol. The maximum atomic E-state index is 12.7. The fraction of sp³-hybridized carbons (Fsp3) is 0.409. The summed E-state index contributed by atoms with van der Waals surface area (Å²) in [6, 6.07) is 12.9. The van der Waals surface area contributed by atoms with E-state index in [1.165, 1.54) is 12.1 Å². The van der Waals surface area contributed by atoms with Crippen LogP contribution in [0, 0.1) is 0 Å². The Bertz CT molecular complexity index is 950. The third-order valence-electron chi connectivity index (χ3n) is 5.27. The lowest BCUT2D eigenvalue weighted by Gasteiger charge is -2.33. The van der Waals surface area contributed by atoms with Crippen LogP contribution in [0.15, 0.2) is 53.4 Å². The van der Waals surface area contributed by atoms with Crippen molar-refractivity contribution in [1.29, 1.82) is 0 Å². The first-order valence-corrected chi connectivity index (χ1v) is 11.6. The first kappa shape index (κ1) is 22.1. The number of ether oxygens (including phenoxy) is 1. The lowest BCUT2D eigenvalue weighted by atomic mass is 10.1. The fourth-order valence-corrected chi connectivity index (χ4v) is 4.75. The third kappa shape index (κ3) is 5.52. The first-order chi connectivity index (χ1) is 14.3. The van der Waals surface area contributed by atoms with E-state index < -0.39 is 16.1 Å². The van der Waals surface area contributed by atoms with Crippen molar-refractivity contribution in [2.75, 3.05) is 13.1 Å². The highest BCUT2D eigenvalue weighted by atomic mass is 32.2. The minimum atomic E-state index is -3.58. The minimum Gasteiger partial charge on any atom is -0.508 e. The summed E-state index contributed by atoms with van der Waals surface area (Å²) < 4.78 is 33.7. The number of phenols is 1. The molecule has 0 bridgehead atoms. The summed E-state index contributed by atoms with van der Waals surface area (Å²) in [6.45, 7) is 4.63. The van der Waals surface area contributed by atoms with Gasteiger partial charge in [-0.1, -0.05) is 19.1 Å². The number of carbonyl (C=O) groups excluding carboxylic acids is 1. The number of nitrogens with zero attached hydrogens (tertiary/aromatic N) is 1. The molecule has 8 heteroatoms. The van der Waals surface area contributed by atoms with Gasteiger partial charge in [0.1, 0.15) is 11.5 Å². The number of rotatable bonds is 7. The number of sulfonamides is 1. The predicted octanol–water partition coefficient (Wildman–Crippen LogP) is 2.69. The van der Waals surface area contributed by atoms with Crippen molar-refractivity contribution in [2.24, 2.45) is 0 Å². The molecule has 1 fully saturated rings. The minimum absolute atomic E-state index is 0.132. The monoisotopic (exact) mass is 432 g/mol. The van der Waals surface area contributed by atoms with Crippen LogP contribution in [0.5, 0.6) is 11.5 Å². The van der Waals surface area contributed by atoms with E-state index in [2.05, 4.69) is 4.72 Å². The SMILES string of the molecule is CCc1ccc(S(=O)(=O)NC2CCN(C(=O)C(C)Oc3ccc(O)cc3)CC2)cc1. The van der Waals surface area contributed by atoms with Crippen molar-refractivity contribution in [2.45, 2.75) is 50.2 Å². The number of aromatic hydroxyl groups is 1. The second kappa shape index (κ2) is 9.49. The normalized spacial score (nSPS) is 16.3. The lowest BCUT2D eigenvalue weighted by molar-refractivity contribution is -0.139. The molecule has 0 radical (unpaired) electrons. The zero-order valence-electron chi connectivity index (χ0n) is 17.2. The van der Waals surface area contributed by atoms with Gasteiger partial charge < -0.3 is 14.7 Å². The summed E-state index contributed by atoms with van der Waals surface area (Å²) in [5, 5.41) is 9.33. The van der Waals surface area contributed by atoms with Crippen LogP contribution in [0.25, 0.3) is 0 Å². The Morgan fingerprint density at radius 2 is 1.73 bits per heavy atom. The summed E-state index contributed by atoms with van der Waals surface area (Å²) >= 11 is 0. The van der Waals surface area contributed by atoms with Crippen molar-refractivity contribution in [3.8, 4) is 11.5 Å². The maximum absolute atomic E-state index is 12.7. The topological polar surface area (TPSA) is 95.9 Å². The zero-order valence-corrected chi connectivity index (χ0v) is 18.1. The predicted molar refractivity (Wildman–Crippen MR) is 114 cm³/mol. The van der Waals surface area contributed by atoms with Crippen molar-refractivity contribution < 1.29 is 23.1 Å². The van der Waals surface area contributed by atoms with Crippen LogP contribution in [0.4, 0.5) is 0 Å². The van der Waals surface area contributed by atoms with Gasteiger partial charge in [-0.3, -0.25) is 4.79 Å². The molecule has 0 saturated carbocycles. The molecule has 1 aliphatic rings. The smallest absolute Gasteiger partial charge is 0.263 e. The number of nitrogens with one attached hydrogen (secondary N) is 1. The quantitative estimate of drug-likeness (QED) is 0.701. The molecule has 0 aromatic heterocycles. The highest BCUT2D eigenvalue weighted by molar-refractivity contribution is 7.89. The molecule has 1 unspecified atom stereocenters. The summed E-state index contributed by atoms with van der Waals surface area (Å²) in [4.78, 5) is 14.6. The molecule has 7 nitrogen and oxygen atoms in total. The first-order valence-electron chi connectivity index (χ1n) is 10.1. The number of phenolic OH excluding ortho intramolecular Hbond substituents is 1. The molecule has 1 aliphatic heterocycles. The van der Waals surface area contributed by atoms with E-state index in [-0.39, 0.29) is 22.6 Å². The number of benzene rings is 2. The number of hydrogen-bond donors (Lipinski definition) is 2. The largest absolute Gasteiger partial charge is 0.508 e. The standard InChI is InChI=1S/C22H28N2O5S/c1-3-17-4-10-21(11-5-17)30(27,28)23-18-12-14-24(15-13-18)22(26)16(2)29-20-8-6-19(25)7-9-20/h4-11,16,18,23,25H,3,12-15H2,1-2H3. The van der Waals surface area contributed by atoms with Crippen LogP contribution in [0.1, 0.15) is 32.3 Å². The van der Waals surface area contributed by atoms with Gasteiger partial charge in [-0.2, -0.15) is 0 Å². The van der Waals surface area contributed by atoms with Gasteiger partial charge in [-0.15, -0.1) is 0 Å². The van der Waals surface area contributed by atoms with Gasteiger partial charge in [0.05, 0.1) is 4.90 Å². The molecular formula is C22H28N2O5S. The molecule has 1 atom stereocenters. The van der Waals surface area contributed by atoms with Gasteiger partial charge in [0, 0.05) is 19.1 Å². The summed E-state index contributed by atoms with van der Waals surface area (Å²) in [7, 11) is -3.58. The van der Waals surface area contributed by atoms with E-state index in [9.17, 15) is 18.3 Å². The summed E-state index contributed by atoms with van der Waals surface area (Å²) in [5.74, 6) is 0.497. The Morgan fingerprint density at radius 1 is 1.13 bits per heavy atom. The van der Waals surface area contributed by atoms with E-state index in [4.69, 9.17) is 4.74 Å². The molecule has 0 aliphatic carbocycles. The molecule has 3 rings (SSSR count). The average molecular weight is 433 g/mol. The number of carbonyl (C=O) groups is 1. The highest BCUT2D eigenvalue weighted by Gasteiger charge is 2.29. The van der Waals surface area contributed by atoms with Gasteiger partial charge in [0.25, 0.3) is 5.91 Å². The Labute approximate surface area is 177 Å². The van der Waals surface area contributed by atoms with Crippen molar-refractivity contribution >= 4 is 15.9 Å². The second-order valence-corrected chi connectivity index (χ2v) is 9.19. The number of aryl methyl sites for hydroxylation is 1. The van der Waals surface area contributed by atoms with Crippen molar-refractivity contribution in [3.05, 3.63) is 54.1 Å². The van der Waals surface area contributed by atoms with Crippen LogP contribution in [-0.4, -0.2) is 49.6 Å². The highest BCUT2D eigenvalue weighted by Crippen LogP contribution is 2.20. The molecule has 1 amide bonds. The van der Waals surface area contributed by atoms with E-state index in [1.807, 2.05) is 19.1 Å². The number of hydrogen-bond acceptors (Lipinski definition) is 5. The van der Waals surface area contributed by atoms with Crippen LogP contribution in [0.2, 0.25) is 0 Å². The molecule has 1 saturated heterocycles. The summed E-state index contributed by atoms with van der Waals surface area (Å²) in [5.41, 5.74) is 1.09. The second-order valence-electron chi connectivity index (χ2n) is 7.47. The number of likely N-dealkylation sites (tertiary alicyclic amines) is 1. The summed E-state index contributed by atoms with van der Waals surface area (Å²) in [6.07, 6.45) is 1.28. The van der Waals surface area contributed by atoms with Crippen molar-refractivity contribution in [3.63, 3.8) is 0 Å². The Balaban J connectivity index is 1.52. The van der Waals surface area contributed by atoms with Crippen molar-refractivity contribution in [1.82, 2.24) is 9.62 Å². The van der Waals surface area contributed by atoms with Crippen LogP contribution >= 0.6 is 0 Å². The average Bonchev–Trinajstić information content (AvgIpc) is 2.75. The van der Waals surface area contributed by atoms with E-state index >= 15 is 0 Å². The fourth-order valence-electron chi connectivity index (χ4n) is 3.45. The molecule has 2 N–H and O–H groups in total. The molecule has 162 valence electrons. The Morgan fingerprint density at radius 3 is 2.30 bits per heavy atom. The molecule has 2 aromatic rings. The van der Waals surface area contributed by atoms with E-state index in [0.717, 1.165) is 12.0 Å². The molecule has 0 spiro atoms. The molecule has 30 heavy (non-hydrogen) atoms. The van der Waals surface area contributed by atoms with Gasteiger partial charge in [-0.05, 0) is 68.1 Å². The Kier molecular flexibility index (Phi) is 6.99. The zero-order chi connectivity index (χ0) is 21.7. The maximum Gasteiger partial charge on any atom is 0.263 e. The van der Waals surface area contributed by atoms with Gasteiger partial charge >= 0.3 is 0 Å². The van der Waals surface area contributed by atoms with Crippen LogP contribution in [-0.2, 0) is 21.2 Å². The lowest BCUT2D eigenvalue weighted by Crippen LogP contribution is -2.49. The van der Waals surface area contributed by atoms with E-state index in [1.54, 1.807) is 36.1 Å². The number of amides is 1. The van der Waals surface area contributed by atoms with Gasteiger partial charge in [0.2, 0.25) is 10.0 Å². The van der Waals surface area contributed by atoms with Gasteiger partial charge in [-0.25, -0.2) is 13.1 Å². The molecule has 1 heterocycles. The third-order valence-corrected chi connectivity index (χ3v) is 6.80. The molecule has 2 aromatic carbocycles. The van der Waals surface area contributed by atoms with Crippen LogP contribution in [0.3, 0.4) is 0 Å². The Hall–Kier alpha value is -2.58. The van der Waals surface area contributed by atoms with E-state index in [0.29, 0.717) is 31.7 Å². The van der Waals surface area contributed by atoms with Crippen LogP contribution < -0.4 is 9.46 Å². The number of piperidine rings is 1. The van der Waals surface area contributed by atoms with Gasteiger partial charge in [0.15, 0.2) is 6.10 Å².